The van der Waals surface area contributed by atoms with E-state index in [4.69, 9.17) is 10.5 Å². The molecule has 2 aromatic rings. The second kappa shape index (κ2) is 5.63. The second-order valence-corrected chi connectivity index (χ2v) is 4.73. The first-order chi connectivity index (χ1) is 9.00. The highest BCUT2D eigenvalue weighted by atomic mass is 32.1. The van der Waals surface area contributed by atoms with Crippen LogP contribution in [0.4, 0.5) is 13.2 Å². The summed E-state index contributed by atoms with van der Waals surface area (Å²) in [5, 5.41) is 3.68. The Balaban J connectivity index is 2.23. The molecule has 2 rings (SSSR count). The first kappa shape index (κ1) is 13.9. The molecule has 1 aromatic heterocycles. The Morgan fingerprint density at radius 3 is 2.53 bits per heavy atom. The number of hydrogen-bond donors (Lipinski definition) is 1. The van der Waals surface area contributed by atoms with Crippen molar-refractivity contribution >= 4 is 11.3 Å². The molecule has 0 atom stereocenters. The summed E-state index contributed by atoms with van der Waals surface area (Å²) in [6.07, 6.45) is -4.45. The lowest BCUT2D eigenvalue weighted by molar-refractivity contribution is -0.139. The van der Waals surface area contributed by atoms with Gasteiger partial charge in [0.2, 0.25) is 0 Å². The molecule has 0 aliphatic heterocycles. The molecule has 19 heavy (non-hydrogen) atoms. The maximum atomic E-state index is 12.9. The van der Waals surface area contributed by atoms with Gasteiger partial charge in [0.05, 0.1) is 5.56 Å². The molecular weight excluding hydrogens is 275 g/mol. The predicted molar refractivity (Wildman–Crippen MR) is 68.0 cm³/mol. The SMILES string of the molecule is NCc1ccc(OCc2ccsc2)c(C(F)(F)F)c1. The first-order valence-corrected chi connectivity index (χ1v) is 6.49. The summed E-state index contributed by atoms with van der Waals surface area (Å²) in [4.78, 5) is 0. The smallest absolute Gasteiger partial charge is 0.419 e. The Hall–Kier alpha value is -1.53. The Morgan fingerprint density at radius 2 is 1.95 bits per heavy atom. The summed E-state index contributed by atoms with van der Waals surface area (Å²) in [6, 6.07) is 5.70. The minimum Gasteiger partial charge on any atom is -0.488 e. The molecular formula is C13H12F3NOS. The van der Waals surface area contributed by atoms with Crippen molar-refractivity contribution < 1.29 is 17.9 Å². The molecule has 1 heterocycles. The van der Waals surface area contributed by atoms with Crippen LogP contribution in [0.15, 0.2) is 35.0 Å². The number of rotatable bonds is 4. The van der Waals surface area contributed by atoms with Gasteiger partial charge >= 0.3 is 6.18 Å². The standard InChI is InChI=1S/C13H12F3NOS/c14-13(15,16)11-5-9(6-17)1-2-12(11)18-7-10-3-4-19-8-10/h1-5,8H,6-7,17H2. The van der Waals surface area contributed by atoms with Crippen molar-refractivity contribution in [3.63, 3.8) is 0 Å². The number of benzene rings is 1. The van der Waals surface area contributed by atoms with E-state index in [1.165, 1.54) is 23.5 Å². The third-order valence-corrected chi connectivity index (χ3v) is 3.29. The zero-order valence-corrected chi connectivity index (χ0v) is 10.7. The van der Waals surface area contributed by atoms with Gasteiger partial charge in [0.25, 0.3) is 0 Å². The Labute approximate surface area is 112 Å². The van der Waals surface area contributed by atoms with E-state index in [1.807, 2.05) is 16.8 Å². The lowest BCUT2D eigenvalue weighted by atomic mass is 10.1. The zero-order chi connectivity index (χ0) is 13.9. The molecule has 0 fully saturated rings. The summed E-state index contributed by atoms with van der Waals surface area (Å²) in [6.45, 7) is 0.183. The molecule has 0 saturated heterocycles. The highest BCUT2D eigenvalue weighted by Crippen LogP contribution is 2.37. The second-order valence-electron chi connectivity index (χ2n) is 3.95. The summed E-state index contributed by atoms with van der Waals surface area (Å²) >= 11 is 1.47. The largest absolute Gasteiger partial charge is 0.488 e. The van der Waals surface area contributed by atoms with Gasteiger partial charge in [0.1, 0.15) is 12.4 Å². The fraction of sp³-hybridized carbons (Fsp3) is 0.231. The van der Waals surface area contributed by atoms with Crippen LogP contribution in [-0.2, 0) is 19.3 Å². The van der Waals surface area contributed by atoms with Gasteiger partial charge in [-0.1, -0.05) is 6.07 Å². The van der Waals surface area contributed by atoms with E-state index in [0.717, 1.165) is 11.6 Å². The van der Waals surface area contributed by atoms with E-state index < -0.39 is 11.7 Å². The number of nitrogens with two attached hydrogens (primary N) is 1. The molecule has 0 aliphatic carbocycles. The molecule has 102 valence electrons. The summed E-state index contributed by atoms with van der Waals surface area (Å²) in [5.41, 5.74) is 5.84. The maximum absolute atomic E-state index is 12.9. The summed E-state index contributed by atoms with van der Waals surface area (Å²) < 4.78 is 44.0. The molecule has 0 radical (unpaired) electrons. The quantitative estimate of drug-likeness (QED) is 0.928. The van der Waals surface area contributed by atoms with Crippen LogP contribution in [0.3, 0.4) is 0 Å². The van der Waals surface area contributed by atoms with Gasteiger partial charge in [-0.25, -0.2) is 0 Å². The Bertz CT molecular complexity index is 537. The van der Waals surface area contributed by atoms with Gasteiger partial charge in [-0.2, -0.15) is 24.5 Å². The fourth-order valence-electron chi connectivity index (χ4n) is 1.59. The van der Waals surface area contributed by atoms with E-state index in [1.54, 1.807) is 0 Å². The van der Waals surface area contributed by atoms with E-state index >= 15 is 0 Å². The van der Waals surface area contributed by atoms with E-state index in [0.29, 0.717) is 5.56 Å². The lowest BCUT2D eigenvalue weighted by Gasteiger charge is -2.14. The highest BCUT2D eigenvalue weighted by molar-refractivity contribution is 7.07. The topological polar surface area (TPSA) is 35.2 Å². The average Bonchev–Trinajstić information content (AvgIpc) is 2.88. The predicted octanol–water partition coefficient (Wildman–Crippen LogP) is 3.80. The minimum absolute atomic E-state index is 0.0634. The van der Waals surface area contributed by atoms with Gasteiger partial charge in [0, 0.05) is 6.54 Å². The Kier molecular flexibility index (Phi) is 4.11. The van der Waals surface area contributed by atoms with Crippen molar-refractivity contribution in [1.29, 1.82) is 0 Å². The molecule has 6 heteroatoms. The van der Waals surface area contributed by atoms with Crippen LogP contribution in [0.5, 0.6) is 5.75 Å². The fourth-order valence-corrected chi connectivity index (χ4v) is 2.24. The molecule has 0 spiro atoms. The van der Waals surface area contributed by atoms with Crippen LogP contribution >= 0.6 is 11.3 Å². The number of thiophene rings is 1. The number of ether oxygens (including phenoxy) is 1. The van der Waals surface area contributed by atoms with Crippen molar-refractivity contribution in [2.45, 2.75) is 19.3 Å². The average molecular weight is 287 g/mol. The lowest BCUT2D eigenvalue weighted by Crippen LogP contribution is -2.10. The van der Waals surface area contributed by atoms with Crippen LogP contribution in [0.2, 0.25) is 0 Å². The molecule has 0 aliphatic rings. The normalized spacial score (nSPS) is 11.6. The molecule has 2 N–H and O–H groups in total. The van der Waals surface area contributed by atoms with Crippen molar-refractivity contribution in [2.75, 3.05) is 0 Å². The van der Waals surface area contributed by atoms with Crippen LogP contribution in [-0.4, -0.2) is 0 Å². The Morgan fingerprint density at radius 1 is 1.16 bits per heavy atom. The third-order valence-electron chi connectivity index (χ3n) is 2.56. The van der Waals surface area contributed by atoms with Crippen LogP contribution in [0, 0.1) is 0 Å². The molecule has 0 saturated carbocycles. The molecule has 2 nitrogen and oxygen atoms in total. The zero-order valence-electron chi connectivity index (χ0n) is 9.91. The minimum atomic E-state index is -4.45. The molecule has 0 bridgehead atoms. The van der Waals surface area contributed by atoms with Crippen molar-refractivity contribution in [1.82, 2.24) is 0 Å². The van der Waals surface area contributed by atoms with Crippen LogP contribution in [0.25, 0.3) is 0 Å². The van der Waals surface area contributed by atoms with E-state index in [9.17, 15) is 13.2 Å². The van der Waals surface area contributed by atoms with Gasteiger partial charge in [-0.15, -0.1) is 0 Å². The molecule has 0 unspecified atom stereocenters. The summed E-state index contributed by atoms with van der Waals surface area (Å²) in [7, 11) is 0. The van der Waals surface area contributed by atoms with Crippen molar-refractivity contribution in [3.05, 3.63) is 51.7 Å². The monoisotopic (exact) mass is 287 g/mol. The molecule has 0 amide bonds. The van der Waals surface area contributed by atoms with Gasteiger partial charge in [-0.3, -0.25) is 0 Å². The maximum Gasteiger partial charge on any atom is 0.419 e. The first-order valence-electron chi connectivity index (χ1n) is 5.55. The van der Waals surface area contributed by atoms with Crippen LogP contribution in [0.1, 0.15) is 16.7 Å². The van der Waals surface area contributed by atoms with Crippen molar-refractivity contribution in [2.24, 2.45) is 5.73 Å². The van der Waals surface area contributed by atoms with Gasteiger partial charge in [-0.05, 0) is 40.1 Å². The third kappa shape index (κ3) is 3.48. The number of hydrogen-bond acceptors (Lipinski definition) is 3. The highest BCUT2D eigenvalue weighted by Gasteiger charge is 2.34. The van der Waals surface area contributed by atoms with Crippen molar-refractivity contribution in [3.8, 4) is 5.75 Å². The van der Waals surface area contributed by atoms with Gasteiger partial charge in [0.15, 0.2) is 0 Å². The van der Waals surface area contributed by atoms with Crippen LogP contribution < -0.4 is 10.5 Å². The number of halogens is 3. The molecule has 1 aromatic carbocycles. The van der Waals surface area contributed by atoms with E-state index in [2.05, 4.69) is 0 Å². The summed E-state index contributed by atoms with van der Waals surface area (Å²) in [5.74, 6) is -0.170. The number of alkyl halides is 3. The van der Waals surface area contributed by atoms with E-state index in [-0.39, 0.29) is 18.9 Å². The van der Waals surface area contributed by atoms with Gasteiger partial charge < -0.3 is 10.5 Å².